The minimum atomic E-state index is -1.64. The summed E-state index contributed by atoms with van der Waals surface area (Å²) in [5.41, 5.74) is -1.37. The number of carboxylic acid groups (broad SMARTS) is 1. The molecule has 2 N–H and O–H groups in total. The number of β-amino-alcohol motifs (C(OH)–C–C–N with tert-alkyl or cyclic N) is 1. The predicted molar refractivity (Wildman–Crippen MR) is 90.5 cm³/mol. The van der Waals surface area contributed by atoms with Gasteiger partial charge in [-0.05, 0) is 17.7 Å². The third kappa shape index (κ3) is 3.49. The number of carbonyl (C=O) groups excluding carboxylic acids is 1. The summed E-state index contributed by atoms with van der Waals surface area (Å²) in [5, 5.41) is 19.3. The van der Waals surface area contributed by atoms with Crippen molar-refractivity contribution in [1.82, 2.24) is 4.90 Å². The molecule has 0 spiro atoms. The van der Waals surface area contributed by atoms with Crippen LogP contribution < -0.4 is 0 Å². The Bertz CT molecular complexity index is 852. The third-order valence-electron chi connectivity index (χ3n) is 4.16. The maximum atomic E-state index is 14.2. The van der Waals surface area contributed by atoms with Gasteiger partial charge in [0.2, 0.25) is 0 Å². The molecule has 2 aromatic carbocycles. The molecule has 2 aromatic rings. The fraction of sp³-hybridized carbons (Fsp3) is 0.222. The van der Waals surface area contributed by atoms with E-state index in [2.05, 4.69) is 0 Å². The molecule has 0 unspecified atom stereocenters. The highest BCUT2D eigenvalue weighted by atomic mass is 35.5. The number of hydrogen-bond donors (Lipinski definition) is 2. The van der Waals surface area contributed by atoms with Gasteiger partial charge >= 0.3 is 12.1 Å². The van der Waals surface area contributed by atoms with E-state index in [1.54, 1.807) is 12.1 Å². The normalized spacial score (nSPS) is 15.3. The molecule has 0 radical (unpaired) electrons. The summed E-state index contributed by atoms with van der Waals surface area (Å²) in [7, 11) is 0. The number of amides is 1. The number of nitrogens with zero attached hydrogens (tertiary/aromatic N) is 1. The van der Waals surface area contributed by atoms with Crippen molar-refractivity contribution < 1.29 is 28.9 Å². The van der Waals surface area contributed by atoms with Crippen LogP contribution >= 0.6 is 11.6 Å². The first-order valence-electron chi connectivity index (χ1n) is 7.71. The second kappa shape index (κ2) is 6.93. The number of ether oxygens (including phenoxy) is 1. The topological polar surface area (TPSA) is 87.1 Å². The standard InChI is InChI=1S/C18H15ClFNO5/c19-14-7-13(15(20)6-12(14)16(22)23)18(25)9-21(10-18)17(24)26-8-11-4-2-1-3-5-11/h1-7,25H,8-10H2,(H,22,23). The SMILES string of the molecule is O=C(O)c1cc(F)c(C2(O)CN(C(=O)OCc3ccccc3)C2)cc1Cl. The number of carbonyl (C=O) groups is 2. The van der Waals surface area contributed by atoms with E-state index in [4.69, 9.17) is 21.4 Å². The van der Waals surface area contributed by atoms with Crippen LogP contribution in [0.2, 0.25) is 5.02 Å². The van der Waals surface area contributed by atoms with Crippen LogP contribution in [0.3, 0.4) is 0 Å². The molecule has 0 saturated carbocycles. The highest BCUT2D eigenvalue weighted by Gasteiger charge is 2.47. The number of halogens is 2. The summed E-state index contributed by atoms with van der Waals surface area (Å²) >= 11 is 5.84. The number of aromatic carboxylic acids is 1. The van der Waals surface area contributed by atoms with E-state index in [1.807, 2.05) is 18.2 Å². The molecule has 1 aliphatic rings. The summed E-state index contributed by atoms with van der Waals surface area (Å²) in [6.07, 6.45) is -0.632. The van der Waals surface area contributed by atoms with Crippen LogP contribution in [0, 0.1) is 5.82 Å². The van der Waals surface area contributed by atoms with Gasteiger partial charge < -0.3 is 19.8 Å². The Kier molecular flexibility index (Phi) is 4.84. The van der Waals surface area contributed by atoms with Crippen LogP contribution in [0.15, 0.2) is 42.5 Å². The van der Waals surface area contributed by atoms with E-state index in [9.17, 15) is 19.1 Å². The van der Waals surface area contributed by atoms with Crippen molar-refractivity contribution in [3.05, 3.63) is 70.0 Å². The van der Waals surface area contributed by atoms with E-state index in [0.717, 1.165) is 17.7 Å². The molecule has 0 aliphatic carbocycles. The van der Waals surface area contributed by atoms with Crippen LogP contribution in [0.25, 0.3) is 0 Å². The van der Waals surface area contributed by atoms with Gasteiger partial charge in [-0.15, -0.1) is 0 Å². The Morgan fingerprint density at radius 3 is 2.50 bits per heavy atom. The van der Waals surface area contributed by atoms with Crippen molar-refractivity contribution in [3.63, 3.8) is 0 Å². The van der Waals surface area contributed by atoms with Crippen molar-refractivity contribution in [2.45, 2.75) is 12.2 Å². The Balaban J connectivity index is 1.65. The Labute approximate surface area is 153 Å². The Morgan fingerprint density at radius 2 is 1.88 bits per heavy atom. The molecule has 1 saturated heterocycles. The van der Waals surface area contributed by atoms with Crippen LogP contribution in [0.5, 0.6) is 0 Å². The van der Waals surface area contributed by atoms with Crippen molar-refractivity contribution in [2.24, 2.45) is 0 Å². The summed E-state index contributed by atoms with van der Waals surface area (Å²) in [5.74, 6) is -2.27. The Hall–Kier alpha value is -2.64. The third-order valence-corrected chi connectivity index (χ3v) is 4.47. The Morgan fingerprint density at radius 1 is 1.23 bits per heavy atom. The van der Waals surface area contributed by atoms with Crippen molar-refractivity contribution in [2.75, 3.05) is 13.1 Å². The van der Waals surface area contributed by atoms with E-state index in [1.165, 1.54) is 4.90 Å². The first-order chi connectivity index (χ1) is 12.3. The summed E-state index contributed by atoms with van der Waals surface area (Å²) in [6, 6.07) is 10.9. The van der Waals surface area contributed by atoms with E-state index >= 15 is 0 Å². The molecule has 1 fully saturated rings. The fourth-order valence-electron chi connectivity index (χ4n) is 2.76. The molecule has 8 heteroatoms. The predicted octanol–water partition coefficient (Wildman–Crippen LogP) is 3.02. The molecule has 6 nitrogen and oxygen atoms in total. The summed E-state index contributed by atoms with van der Waals surface area (Å²) in [6.45, 7) is -0.275. The van der Waals surface area contributed by atoms with Crippen LogP contribution in [-0.2, 0) is 16.9 Å². The molecule has 136 valence electrons. The van der Waals surface area contributed by atoms with Gasteiger partial charge in [-0.1, -0.05) is 41.9 Å². The van der Waals surface area contributed by atoms with Gasteiger partial charge in [0, 0.05) is 5.56 Å². The maximum Gasteiger partial charge on any atom is 0.410 e. The lowest BCUT2D eigenvalue weighted by Gasteiger charge is -2.45. The molecule has 0 atom stereocenters. The van der Waals surface area contributed by atoms with Gasteiger partial charge in [0.05, 0.1) is 23.7 Å². The summed E-state index contributed by atoms with van der Waals surface area (Å²) < 4.78 is 19.3. The van der Waals surface area contributed by atoms with Gasteiger partial charge in [0.25, 0.3) is 0 Å². The zero-order valence-corrected chi connectivity index (χ0v) is 14.2. The molecule has 1 heterocycles. The quantitative estimate of drug-likeness (QED) is 0.852. The highest BCUT2D eigenvalue weighted by Crippen LogP contribution is 2.36. The van der Waals surface area contributed by atoms with Crippen LogP contribution in [0.4, 0.5) is 9.18 Å². The second-order valence-corrected chi connectivity index (χ2v) is 6.45. The van der Waals surface area contributed by atoms with Crippen molar-refractivity contribution in [1.29, 1.82) is 0 Å². The van der Waals surface area contributed by atoms with Gasteiger partial charge in [0.1, 0.15) is 18.0 Å². The lowest BCUT2D eigenvalue weighted by Crippen LogP contribution is -2.61. The minimum Gasteiger partial charge on any atom is -0.478 e. The molecule has 1 amide bonds. The first-order valence-corrected chi connectivity index (χ1v) is 8.09. The first kappa shape index (κ1) is 18.2. The van der Waals surface area contributed by atoms with Gasteiger partial charge in [-0.2, -0.15) is 0 Å². The largest absolute Gasteiger partial charge is 0.478 e. The maximum absolute atomic E-state index is 14.2. The fourth-order valence-corrected chi connectivity index (χ4v) is 3.01. The number of aliphatic hydroxyl groups is 1. The summed E-state index contributed by atoms with van der Waals surface area (Å²) in [4.78, 5) is 24.2. The molecular weight excluding hydrogens is 365 g/mol. The van der Waals surface area contributed by atoms with Gasteiger partial charge in [0.15, 0.2) is 0 Å². The minimum absolute atomic E-state index is 0.0854. The monoisotopic (exact) mass is 379 g/mol. The van der Waals surface area contributed by atoms with Crippen molar-refractivity contribution in [3.8, 4) is 0 Å². The van der Waals surface area contributed by atoms with Crippen LogP contribution in [0.1, 0.15) is 21.5 Å². The smallest absolute Gasteiger partial charge is 0.410 e. The lowest BCUT2D eigenvalue weighted by atomic mass is 9.85. The number of benzene rings is 2. The van der Waals surface area contributed by atoms with E-state index < -0.39 is 29.0 Å². The molecule has 3 rings (SSSR count). The van der Waals surface area contributed by atoms with Crippen molar-refractivity contribution >= 4 is 23.7 Å². The second-order valence-electron chi connectivity index (χ2n) is 6.04. The van der Waals surface area contributed by atoms with Crippen LogP contribution in [-0.4, -0.2) is 40.3 Å². The highest BCUT2D eigenvalue weighted by molar-refractivity contribution is 6.33. The molecular formula is C18H15ClFNO5. The average molecular weight is 380 g/mol. The average Bonchev–Trinajstić information content (AvgIpc) is 2.59. The molecule has 0 bridgehead atoms. The van der Waals surface area contributed by atoms with E-state index in [-0.39, 0.29) is 30.3 Å². The van der Waals surface area contributed by atoms with E-state index in [0.29, 0.717) is 0 Å². The lowest BCUT2D eigenvalue weighted by molar-refractivity contribution is -0.0968. The number of likely N-dealkylation sites (tertiary alicyclic amines) is 1. The zero-order chi connectivity index (χ0) is 18.9. The number of hydrogen-bond acceptors (Lipinski definition) is 4. The zero-order valence-electron chi connectivity index (χ0n) is 13.5. The number of rotatable bonds is 4. The molecule has 26 heavy (non-hydrogen) atoms. The van der Waals surface area contributed by atoms with Gasteiger partial charge in [-0.3, -0.25) is 0 Å². The molecule has 0 aromatic heterocycles. The van der Waals surface area contributed by atoms with Gasteiger partial charge in [-0.25, -0.2) is 14.0 Å². The number of carboxylic acids is 1. The molecule has 1 aliphatic heterocycles.